The number of methoxy groups -OCH3 is 1. The third-order valence-electron chi connectivity index (χ3n) is 3.26. The van der Waals surface area contributed by atoms with Crippen molar-refractivity contribution in [2.45, 2.75) is 32.2 Å². The van der Waals surface area contributed by atoms with Gasteiger partial charge in [-0.15, -0.1) is 0 Å². The normalized spacial score (nSPS) is 16.1. The Morgan fingerprint density at radius 3 is 2.95 bits per heavy atom. The van der Waals surface area contributed by atoms with Crippen molar-refractivity contribution in [1.82, 2.24) is 5.43 Å². The molecule has 1 unspecified atom stereocenters. The van der Waals surface area contributed by atoms with Crippen LogP contribution in [-0.4, -0.2) is 25.7 Å². The number of nitrogens with one attached hydrogen (secondary N) is 2. The lowest BCUT2D eigenvalue weighted by molar-refractivity contribution is 0.185. The number of anilines is 1. The maximum Gasteiger partial charge on any atom is 0.210 e. The van der Waals surface area contributed by atoms with Crippen LogP contribution in [-0.2, 0) is 17.6 Å². The SMILES string of the molecule is COCC(C)N=C(NN)Nc1ccc2c(c1)CCC2. The number of nitrogens with two attached hydrogens (primary N) is 1. The predicted octanol–water partition coefficient (Wildman–Crippen LogP) is 1.44. The summed E-state index contributed by atoms with van der Waals surface area (Å²) in [5.74, 6) is 6.05. The zero-order valence-electron chi connectivity index (χ0n) is 11.6. The number of aliphatic imine (C=N–C) groups is 1. The molecule has 5 nitrogen and oxygen atoms in total. The Morgan fingerprint density at radius 1 is 1.42 bits per heavy atom. The van der Waals surface area contributed by atoms with E-state index in [0.717, 1.165) is 12.1 Å². The van der Waals surface area contributed by atoms with E-state index in [9.17, 15) is 0 Å². The largest absolute Gasteiger partial charge is 0.382 e. The van der Waals surface area contributed by atoms with Gasteiger partial charge in [0.15, 0.2) is 0 Å². The number of hydrogen-bond acceptors (Lipinski definition) is 3. The number of benzene rings is 1. The molecule has 0 radical (unpaired) electrons. The number of hydrogen-bond donors (Lipinski definition) is 3. The third kappa shape index (κ3) is 3.68. The van der Waals surface area contributed by atoms with Gasteiger partial charge in [0.2, 0.25) is 5.96 Å². The first kappa shape index (κ1) is 13.8. The zero-order valence-corrected chi connectivity index (χ0v) is 11.6. The Balaban J connectivity index is 2.06. The zero-order chi connectivity index (χ0) is 13.7. The van der Waals surface area contributed by atoms with Gasteiger partial charge < -0.3 is 10.1 Å². The summed E-state index contributed by atoms with van der Waals surface area (Å²) < 4.78 is 5.06. The van der Waals surface area contributed by atoms with Crippen LogP contribution in [0.4, 0.5) is 5.69 Å². The van der Waals surface area contributed by atoms with Crippen molar-refractivity contribution in [3.05, 3.63) is 29.3 Å². The Hall–Kier alpha value is -1.59. The van der Waals surface area contributed by atoms with Crippen molar-refractivity contribution in [2.75, 3.05) is 19.0 Å². The fourth-order valence-corrected chi connectivity index (χ4v) is 2.39. The lowest BCUT2D eigenvalue weighted by Gasteiger charge is -2.13. The first-order valence-corrected chi connectivity index (χ1v) is 6.65. The number of nitrogens with zero attached hydrogens (tertiary/aromatic N) is 1. The minimum Gasteiger partial charge on any atom is -0.382 e. The highest BCUT2D eigenvalue weighted by atomic mass is 16.5. The molecule has 19 heavy (non-hydrogen) atoms. The summed E-state index contributed by atoms with van der Waals surface area (Å²) >= 11 is 0. The fourth-order valence-electron chi connectivity index (χ4n) is 2.39. The molecule has 0 heterocycles. The lowest BCUT2D eigenvalue weighted by atomic mass is 10.1. The molecule has 104 valence electrons. The Bertz CT molecular complexity index is 459. The minimum atomic E-state index is 0.0537. The van der Waals surface area contributed by atoms with Crippen LogP contribution in [0.15, 0.2) is 23.2 Å². The quantitative estimate of drug-likeness (QED) is 0.332. The molecule has 1 aliphatic rings. The summed E-state index contributed by atoms with van der Waals surface area (Å²) in [5, 5.41) is 3.21. The van der Waals surface area contributed by atoms with E-state index in [1.807, 2.05) is 6.92 Å². The molecule has 1 atom stereocenters. The fraction of sp³-hybridized carbons (Fsp3) is 0.500. The van der Waals surface area contributed by atoms with Gasteiger partial charge in [-0.25, -0.2) is 10.8 Å². The summed E-state index contributed by atoms with van der Waals surface area (Å²) in [6.07, 6.45) is 3.60. The van der Waals surface area contributed by atoms with E-state index in [-0.39, 0.29) is 6.04 Å². The highest BCUT2D eigenvalue weighted by Gasteiger charge is 2.11. The van der Waals surface area contributed by atoms with Crippen molar-refractivity contribution in [3.8, 4) is 0 Å². The van der Waals surface area contributed by atoms with Crippen molar-refractivity contribution < 1.29 is 4.74 Å². The van der Waals surface area contributed by atoms with E-state index in [4.69, 9.17) is 10.6 Å². The maximum atomic E-state index is 5.49. The van der Waals surface area contributed by atoms with Crippen molar-refractivity contribution in [1.29, 1.82) is 0 Å². The molecule has 1 aromatic rings. The molecule has 0 saturated carbocycles. The van der Waals surface area contributed by atoms with Gasteiger partial charge in [0.25, 0.3) is 0 Å². The Labute approximate surface area is 114 Å². The molecule has 0 aliphatic heterocycles. The van der Waals surface area contributed by atoms with Crippen LogP contribution in [0.3, 0.4) is 0 Å². The van der Waals surface area contributed by atoms with E-state index >= 15 is 0 Å². The van der Waals surface area contributed by atoms with Gasteiger partial charge >= 0.3 is 0 Å². The van der Waals surface area contributed by atoms with Crippen LogP contribution < -0.4 is 16.6 Å². The van der Waals surface area contributed by atoms with E-state index in [0.29, 0.717) is 12.6 Å². The standard InChI is InChI=1S/C14H22N4O/c1-10(9-19-2)16-14(18-15)17-13-7-6-11-4-3-5-12(11)8-13/h6-8,10H,3-5,9,15H2,1-2H3,(H2,16,17,18). The minimum absolute atomic E-state index is 0.0537. The summed E-state index contributed by atoms with van der Waals surface area (Å²) in [5.41, 5.74) is 6.49. The van der Waals surface area contributed by atoms with Gasteiger partial charge in [-0.05, 0) is 49.4 Å². The molecule has 2 rings (SSSR count). The Morgan fingerprint density at radius 2 is 2.21 bits per heavy atom. The molecule has 5 heteroatoms. The highest BCUT2D eigenvalue weighted by Crippen LogP contribution is 2.24. The Kier molecular flexibility index (Phi) is 4.76. The first-order chi connectivity index (χ1) is 9.22. The number of guanidine groups is 1. The lowest BCUT2D eigenvalue weighted by Crippen LogP contribution is -2.37. The van der Waals surface area contributed by atoms with Gasteiger partial charge in [0.1, 0.15) is 0 Å². The summed E-state index contributed by atoms with van der Waals surface area (Å²) in [6, 6.07) is 6.48. The van der Waals surface area contributed by atoms with Crippen LogP contribution >= 0.6 is 0 Å². The summed E-state index contributed by atoms with van der Waals surface area (Å²) in [6.45, 7) is 2.54. The van der Waals surface area contributed by atoms with Crippen molar-refractivity contribution in [2.24, 2.45) is 10.8 Å². The maximum absolute atomic E-state index is 5.49. The molecule has 4 N–H and O–H groups in total. The second-order valence-corrected chi connectivity index (χ2v) is 4.89. The molecule has 1 aliphatic carbocycles. The molecule has 0 fully saturated rings. The highest BCUT2D eigenvalue weighted by molar-refractivity contribution is 5.93. The van der Waals surface area contributed by atoms with E-state index in [1.165, 1.54) is 24.0 Å². The first-order valence-electron chi connectivity index (χ1n) is 6.65. The number of ether oxygens (including phenoxy) is 1. The molecule has 0 bridgehead atoms. The van der Waals surface area contributed by atoms with E-state index in [1.54, 1.807) is 7.11 Å². The van der Waals surface area contributed by atoms with Crippen LogP contribution in [0.25, 0.3) is 0 Å². The van der Waals surface area contributed by atoms with Gasteiger partial charge in [0.05, 0.1) is 12.6 Å². The van der Waals surface area contributed by atoms with Gasteiger partial charge in [0, 0.05) is 12.8 Å². The topological polar surface area (TPSA) is 71.7 Å². The summed E-state index contributed by atoms with van der Waals surface area (Å²) in [7, 11) is 1.66. The number of rotatable bonds is 4. The van der Waals surface area contributed by atoms with Gasteiger partial charge in [-0.2, -0.15) is 0 Å². The summed E-state index contributed by atoms with van der Waals surface area (Å²) in [4.78, 5) is 4.42. The van der Waals surface area contributed by atoms with Crippen LogP contribution in [0.5, 0.6) is 0 Å². The van der Waals surface area contributed by atoms with Crippen LogP contribution in [0.2, 0.25) is 0 Å². The van der Waals surface area contributed by atoms with Crippen LogP contribution in [0, 0.1) is 0 Å². The van der Waals surface area contributed by atoms with Gasteiger partial charge in [-0.3, -0.25) is 5.43 Å². The van der Waals surface area contributed by atoms with Gasteiger partial charge in [-0.1, -0.05) is 6.07 Å². The smallest absolute Gasteiger partial charge is 0.210 e. The third-order valence-corrected chi connectivity index (χ3v) is 3.26. The average molecular weight is 262 g/mol. The second kappa shape index (κ2) is 6.54. The average Bonchev–Trinajstić information content (AvgIpc) is 2.85. The molecular formula is C14H22N4O. The molecule has 0 aromatic heterocycles. The number of hydrazine groups is 1. The molecule has 0 amide bonds. The van der Waals surface area contributed by atoms with E-state index in [2.05, 4.69) is 33.9 Å². The molecular weight excluding hydrogens is 240 g/mol. The molecule has 0 saturated heterocycles. The number of aryl methyl sites for hydroxylation is 2. The molecule has 0 spiro atoms. The van der Waals surface area contributed by atoms with Crippen LogP contribution in [0.1, 0.15) is 24.5 Å². The van der Waals surface area contributed by atoms with E-state index < -0.39 is 0 Å². The van der Waals surface area contributed by atoms with Crippen molar-refractivity contribution >= 4 is 11.6 Å². The number of fused-ring (bicyclic) bond motifs is 1. The van der Waals surface area contributed by atoms with Crippen molar-refractivity contribution in [3.63, 3.8) is 0 Å². The monoisotopic (exact) mass is 262 g/mol. The second-order valence-electron chi connectivity index (χ2n) is 4.89. The molecule has 1 aromatic carbocycles. The predicted molar refractivity (Wildman–Crippen MR) is 78.2 cm³/mol.